The van der Waals surface area contributed by atoms with Crippen molar-refractivity contribution in [2.24, 2.45) is 0 Å². The summed E-state index contributed by atoms with van der Waals surface area (Å²) in [6.45, 7) is 6.00. The highest BCUT2D eigenvalue weighted by Gasteiger charge is 2.42. The van der Waals surface area contributed by atoms with Crippen LogP contribution in [0.4, 0.5) is 45.5 Å². The molecule has 15 rings (SSSR count). The van der Waals surface area contributed by atoms with E-state index in [1.807, 2.05) is 32.8 Å². The van der Waals surface area contributed by atoms with Gasteiger partial charge in [0.25, 0.3) is 0 Å². The van der Waals surface area contributed by atoms with Gasteiger partial charge in [-0.2, -0.15) is 0 Å². The molecule has 11 aromatic carbocycles. The van der Waals surface area contributed by atoms with Gasteiger partial charge in [-0.15, -0.1) is 0 Å². The Morgan fingerprint density at radius 2 is 0.671 bits per heavy atom. The lowest BCUT2D eigenvalue weighted by atomic mass is 10.0. The number of anilines is 8. The summed E-state index contributed by atoms with van der Waals surface area (Å²) < 4.78 is 16.4. The fourth-order valence-electron chi connectivity index (χ4n) is 10.8. The monoisotopic (exact) mass is 1020 g/mol. The molecule has 2 N–H and O–H groups in total. The van der Waals surface area contributed by atoms with Crippen molar-refractivity contribution in [1.82, 2.24) is 0 Å². The molecule has 0 spiro atoms. The zero-order chi connectivity index (χ0) is 50.8. The number of fused-ring (bicyclic) bond motifs is 8. The number of para-hydroxylation sites is 7. The van der Waals surface area contributed by atoms with E-state index in [1.54, 1.807) is 0 Å². The summed E-state index contributed by atoms with van der Waals surface area (Å²) in [5.41, 5.74) is 16.9. The standard InChI is InChI=1S/C34H23N2P.C30H21N2OP.C2H6.CH2O.H2O/c1-3-12-24(13-4-1)35-32-20-9-10-21-33(32)36(37(35)25-14-5-2-6-15-25)31-23-22-29-27-17-8-7-16-26(27)28-18-11-19-30(31)34(28)29;1-3-12-22(13-4-1)31-25-17-8-9-18-26(25)32(34(31)23-14-5-2-6-15-23)27-19-11-21-29-30(27)24-16-7-10-20-28(24)33-29;2*1-2;/h1-23H;1-21H;1-2H3;1H2;1H2. The number of hydrogen-bond donors (Lipinski definition) is 0. The summed E-state index contributed by atoms with van der Waals surface area (Å²) in [6, 6.07) is 95.9. The van der Waals surface area contributed by atoms with E-state index < -0.39 is 16.4 Å². The number of rotatable bonds is 6. The number of benzene rings is 11. The Bertz CT molecular complexity index is 3940. The van der Waals surface area contributed by atoms with Gasteiger partial charge in [0, 0.05) is 32.8 Å². The quantitative estimate of drug-likeness (QED) is 0.155. The van der Waals surface area contributed by atoms with Gasteiger partial charge in [0.1, 0.15) is 34.4 Å². The second kappa shape index (κ2) is 21.6. The number of carbonyl (C=O) groups excluding carboxylic acids is 1. The van der Waals surface area contributed by atoms with Crippen LogP contribution in [0.15, 0.2) is 271 Å². The van der Waals surface area contributed by atoms with E-state index in [2.05, 4.69) is 273 Å². The lowest BCUT2D eigenvalue weighted by Crippen LogP contribution is -2.22. The van der Waals surface area contributed by atoms with E-state index >= 15 is 0 Å². The molecule has 2 unspecified atom stereocenters. The first-order chi connectivity index (χ1) is 37.3. The Labute approximate surface area is 446 Å². The van der Waals surface area contributed by atoms with Crippen LogP contribution in [-0.2, 0) is 4.79 Å². The maximum absolute atomic E-state index is 8.00. The third-order valence-electron chi connectivity index (χ3n) is 13.8. The molecule has 370 valence electrons. The number of nitrogens with zero attached hydrogens (tertiary/aromatic N) is 4. The van der Waals surface area contributed by atoms with Crippen molar-refractivity contribution in [2.45, 2.75) is 13.8 Å². The molecule has 2 aliphatic heterocycles. The Balaban J connectivity index is 0.000000151. The molecule has 0 fully saturated rings. The summed E-state index contributed by atoms with van der Waals surface area (Å²) >= 11 is 0. The average Bonchev–Trinajstić information content (AvgIpc) is 4.32. The van der Waals surface area contributed by atoms with Crippen molar-refractivity contribution in [1.29, 1.82) is 0 Å². The Kier molecular flexibility index (Phi) is 14.0. The molecule has 3 heterocycles. The highest BCUT2D eigenvalue weighted by molar-refractivity contribution is 7.70. The fraction of sp³-hybridized carbons (Fsp3) is 0.0299. The number of hydrogen-bond acceptors (Lipinski definition) is 6. The number of furan rings is 1. The van der Waals surface area contributed by atoms with Gasteiger partial charge in [0.15, 0.2) is 0 Å². The molecule has 2 atom stereocenters. The van der Waals surface area contributed by atoms with Crippen molar-refractivity contribution in [3.05, 3.63) is 267 Å². The Hall–Kier alpha value is -8.83. The first kappa shape index (κ1) is 49.4. The zero-order valence-electron chi connectivity index (χ0n) is 42.1. The summed E-state index contributed by atoms with van der Waals surface area (Å²) in [7, 11) is -1.84. The molecule has 12 aromatic rings. The molecule has 3 aliphatic rings. The average molecular weight is 1030 g/mol. The molecule has 0 amide bonds. The van der Waals surface area contributed by atoms with E-state index in [0.717, 1.165) is 21.9 Å². The van der Waals surface area contributed by atoms with Gasteiger partial charge in [-0.1, -0.05) is 208 Å². The van der Waals surface area contributed by atoms with Crippen molar-refractivity contribution < 1.29 is 14.7 Å². The molecule has 7 nitrogen and oxygen atoms in total. The van der Waals surface area contributed by atoms with Crippen LogP contribution in [0.25, 0.3) is 55.0 Å². The summed E-state index contributed by atoms with van der Waals surface area (Å²) in [5.74, 6) is 0. The minimum atomic E-state index is -0.931. The van der Waals surface area contributed by atoms with Gasteiger partial charge >= 0.3 is 0 Å². The predicted molar refractivity (Wildman–Crippen MR) is 324 cm³/mol. The normalized spacial score (nSPS) is 14.3. The summed E-state index contributed by atoms with van der Waals surface area (Å²) in [6.07, 6.45) is 0. The lowest BCUT2D eigenvalue weighted by Gasteiger charge is -2.33. The van der Waals surface area contributed by atoms with E-state index in [1.165, 1.54) is 89.1 Å². The van der Waals surface area contributed by atoms with Crippen LogP contribution in [0, 0.1) is 0 Å². The van der Waals surface area contributed by atoms with E-state index in [9.17, 15) is 0 Å². The number of carbonyl (C=O) groups is 1. The molecule has 0 saturated heterocycles. The van der Waals surface area contributed by atoms with Gasteiger partial charge < -0.3 is 14.7 Å². The molecule has 1 aromatic heterocycles. The minimum absolute atomic E-state index is 0. The first-order valence-corrected chi connectivity index (χ1v) is 27.8. The highest BCUT2D eigenvalue weighted by Crippen LogP contribution is 2.67. The van der Waals surface area contributed by atoms with Gasteiger partial charge in [0.05, 0.1) is 39.5 Å². The smallest absolute Gasteiger partial charge is 0.138 e. The molecule has 76 heavy (non-hydrogen) atoms. The maximum Gasteiger partial charge on any atom is 0.138 e. The summed E-state index contributed by atoms with van der Waals surface area (Å²) in [4.78, 5) is 8.00. The van der Waals surface area contributed by atoms with Crippen LogP contribution >= 0.6 is 16.4 Å². The molecule has 0 bridgehead atoms. The van der Waals surface area contributed by atoms with Gasteiger partial charge in [-0.05, 0) is 100 Å². The molecular weight excluding hydrogens is 971 g/mol. The topological polar surface area (TPSA) is 74.7 Å². The van der Waals surface area contributed by atoms with E-state index in [-0.39, 0.29) is 5.48 Å². The van der Waals surface area contributed by atoms with Crippen LogP contribution in [0.1, 0.15) is 13.8 Å². The highest BCUT2D eigenvalue weighted by atomic mass is 31.1. The second-order valence-corrected chi connectivity index (χ2v) is 21.6. The minimum Gasteiger partial charge on any atom is -0.456 e. The van der Waals surface area contributed by atoms with Crippen LogP contribution in [-0.4, -0.2) is 12.3 Å². The fourth-order valence-corrected chi connectivity index (χ4v) is 15.9. The second-order valence-electron chi connectivity index (χ2n) is 17.8. The van der Waals surface area contributed by atoms with Crippen LogP contribution in [0.2, 0.25) is 0 Å². The van der Waals surface area contributed by atoms with Crippen molar-refractivity contribution in [3.63, 3.8) is 0 Å². The molecule has 0 radical (unpaired) electrons. The van der Waals surface area contributed by atoms with Crippen molar-refractivity contribution >= 4 is 112 Å². The van der Waals surface area contributed by atoms with Gasteiger partial charge in [0.2, 0.25) is 0 Å². The SMILES string of the molecule is C=O.CC.O.c1ccc(N2c3ccccc3N(c3ccc4c5c(cccc35)-c3ccccc3-4)P2c2ccccc2)cc1.c1ccc(N2c3ccccc3N(c3cccc4oc5ccccc5c34)P2c2ccccc2)cc1. The lowest BCUT2D eigenvalue weighted by molar-refractivity contribution is -0.0980. The van der Waals surface area contributed by atoms with Crippen LogP contribution in [0.3, 0.4) is 0 Å². The van der Waals surface area contributed by atoms with Crippen LogP contribution in [0.5, 0.6) is 0 Å². The molecular formula is C67H54N4O3P2. The molecule has 0 saturated carbocycles. The maximum atomic E-state index is 8.00. The van der Waals surface area contributed by atoms with Gasteiger partial charge in [-0.3, -0.25) is 18.7 Å². The predicted octanol–water partition coefficient (Wildman–Crippen LogP) is 17.9. The third kappa shape index (κ3) is 8.27. The first-order valence-electron chi connectivity index (χ1n) is 25.3. The summed E-state index contributed by atoms with van der Waals surface area (Å²) in [5, 5.41) is 7.59. The zero-order valence-corrected chi connectivity index (χ0v) is 43.9. The van der Waals surface area contributed by atoms with E-state index in [0.29, 0.717) is 0 Å². The van der Waals surface area contributed by atoms with Crippen LogP contribution < -0.4 is 29.3 Å². The molecule has 1 aliphatic carbocycles. The Morgan fingerprint density at radius 1 is 0.303 bits per heavy atom. The Morgan fingerprint density at radius 3 is 1.21 bits per heavy atom. The largest absolute Gasteiger partial charge is 0.456 e. The third-order valence-corrected chi connectivity index (χ3v) is 18.6. The van der Waals surface area contributed by atoms with E-state index in [4.69, 9.17) is 9.21 Å². The van der Waals surface area contributed by atoms with Gasteiger partial charge in [-0.25, -0.2) is 0 Å². The molecule has 9 heteroatoms. The van der Waals surface area contributed by atoms with Crippen molar-refractivity contribution in [2.75, 3.05) is 18.7 Å². The van der Waals surface area contributed by atoms with Crippen molar-refractivity contribution in [3.8, 4) is 22.3 Å².